The smallest absolute Gasteiger partial charge is 0.341 e. The highest BCUT2D eigenvalue weighted by Gasteiger charge is 2.32. The molecule has 0 unspecified atom stereocenters. The van der Waals surface area contributed by atoms with Gasteiger partial charge in [0.1, 0.15) is 17.4 Å². The number of hydrogen-bond acceptors (Lipinski definition) is 4. The molecule has 1 fully saturated rings. The Morgan fingerprint density at radius 3 is 2.59 bits per heavy atom. The zero-order chi connectivity index (χ0) is 20.1. The van der Waals surface area contributed by atoms with Crippen LogP contribution in [0.4, 0.5) is 10.1 Å². The van der Waals surface area contributed by atoms with Crippen LogP contribution in [0, 0.1) is 5.82 Å². The third-order valence-electron chi connectivity index (χ3n) is 5.69. The Labute approximate surface area is 165 Å². The quantitative estimate of drug-likeness (QED) is 0.735. The summed E-state index contributed by atoms with van der Waals surface area (Å²) < 4.78 is 23.2. The third kappa shape index (κ3) is 2.76. The maximum Gasteiger partial charge on any atom is 0.341 e. The molecule has 29 heavy (non-hydrogen) atoms. The Morgan fingerprint density at radius 1 is 1.17 bits per heavy atom. The SMILES string of the molecule is O=C(O)c1cn2c3c(c(N4CCCC4)c(F)cc3c1=O)O[C@@H](c1ccccc1)C2. The predicted octanol–water partition coefficient (Wildman–Crippen LogP) is 3.57. The lowest BCUT2D eigenvalue weighted by Gasteiger charge is -2.32. The number of anilines is 1. The molecular weight excluding hydrogens is 375 g/mol. The molecule has 2 aromatic carbocycles. The molecule has 6 nitrogen and oxygen atoms in total. The van der Waals surface area contributed by atoms with Gasteiger partial charge in [-0.25, -0.2) is 9.18 Å². The number of benzene rings is 2. The number of nitrogens with zero attached hydrogens (tertiary/aromatic N) is 2. The van der Waals surface area contributed by atoms with Crippen LogP contribution in [0.25, 0.3) is 10.9 Å². The van der Waals surface area contributed by atoms with E-state index < -0.39 is 23.3 Å². The van der Waals surface area contributed by atoms with Crippen LogP contribution in [0.15, 0.2) is 47.4 Å². The molecule has 2 aliphatic heterocycles. The van der Waals surface area contributed by atoms with Gasteiger partial charge in [-0.15, -0.1) is 0 Å². The Bertz CT molecular complexity index is 1180. The molecule has 0 aliphatic carbocycles. The van der Waals surface area contributed by atoms with Crippen molar-refractivity contribution in [3.05, 3.63) is 69.8 Å². The molecule has 1 saturated heterocycles. The van der Waals surface area contributed by atoms with Gasteiger partial charge in [0.2, 0.25) is 5.43 Å². The van der Waals surface area contributed by atoms with Crippen molar-refractivity contribution in [3.63, 3.8) is 0 Å². The summed E-state index contributed by atoms with van der Waals surface area (Å²) in [6.45, 7) is 1.76. The Balaban J connectivity index is 1.80. The second kappa shape index (κ2) is 6.62. The second-order valence-electron chi connectivity index (χ2n) is 7.47. The van der Waals surface area contributed by atoms with Gasteiger partial charge >= 0.3 is 5.97 Å². The van der Waals surface area contributed by atoms with Gasteiger partial charge in [0, 0.05) is 19.3 Å². The van der Waals surface area contributed by atoms with E-state index in [9.17, 15) is 14.7 Å². The topological polar surface area (TPSA) is 71.8 Å². The zero-order valence-corrected chi connectivity index (χ0v) is 15.6. The fraction of sp³-hybridized carbons (Fsp3) is 0.273. The van der Waals surface area contributed by atoms with E-state index in [2.05, 4.69) is 0 Å². The van der Waals surface area contributed by atoms with Crippen LogP contribution in [0.2, 0.25) is 0 Å². The summed E-state index contributed by atoms with van der Waals surface area (Å²) in [7, 11) is 0. The van der Waals surface area contributed by atoms with Crippen LogP contribution < -0.4 is 15.1 Å². The molecule has 0 amide bonds. The lowest BCUT2D eigenvalue weighted by atomic mass is 10.0. The lowest BCUT2D eigenvalue weighted by Crippen LogP contribution is -2.29. The lowest BCUT2D eigenvalue weighted by molar-refractivity contribution is 0.0694. The van der Waals surface area contributed by atoms with Gasteiger partial charge < -0.3 is 19.3 Å². The summed E-state index contributed by atoms with van der Waals surface area (Å²) >= 11 is 0. The van der Waals surface area contributed by atoms with Crippen molar-refractivity contribution < 1.29 is 19.0 Å². The van der Waals surface area contributed by atoms with Gasteiger partial charge in [0.05, 0.1) is 17.4 Å². The molecular formula is C22H19FN2O4. The molecule has 7 heteroatoms. The highest BCUT2D eigenvalue weighted by molar-refractivity contribution is 5.97. The van der Waals surface area contributed by atoms with Gasteiger partial charge in [0.15, 0.2) is 11.6 Å². The van der Waals surface area contributed by atoms with Crippen LogP contribution in [-0.2, 0) is 6.54 Å². The van der Waals surface area contributed by atoms with Crippen LogP contribution in [0.3, 0.4) is 0 Å². The van der Waals surface area contributed by atoms with Gasteiger partial charge in [-0.05, 0) is 24.5 Å². The molecule has 5 rings (SSSR count). The number of carboxylic acid groups (broad SMARTS) is 1. The Morgan fingerprint density at radius 2 is 1.90 bits per heavy atom. The molecule has 0 saturated carbocycles. The van der Waals surface area contributed by atoms with E-state index >= 15 is 4.39 Å². The molecule has 1 atom stereocenters. The van der Waals surface area contributed by atoms with Crippen LogP contribution >= 0.6 is 0 Å². The van der Waals surface area contributed by atoms with E-state index in [-0.39, 0.29) is 10.9 Å². The number of aromatic nitrogens is 1. The van der Waals surface area contributed by atoms with E-state index in [4.69, 9.17) is 4.74 Å². The number of halogens is 1. The normalized spacial score (nSPS) is 18.1. The number of rotatable bonds is 3. The van der Waals surface area contributed by atoms with Gasteiger partial charge in [-0.2, -0.15) is 0 Å². The van der Waals surface area contributed by atoms with Crippen molar-refractivity contribution in [2.24, 2.45) is 0 Å². The number of hydrogen-bond donors (Lipinski definition) is 1. The first-order chi connectivity index (χ1) is 14.0. The molecule has 1 N–H and O–H groups in total. The van der Waals surface area contributed by atoms with Gasteiger partial charge in [-0.3, -0.25) is 4.79 Å². The monoisotopic (exact) mass is 394 g/mol. The van der Waals surface area contributed by atoms with Crippen LogP contribution in [-0.4, -0.2) is 28.7 Å². The molecule has 2 aliphatic rings. The minimum atomic E-state index is -1.33. The fourth-order valence-corrected chi connectivity index (χ4v) is 4.33. The number of carboxylic acids is 1. The molecule has 0 bridgehead atoms. The minimum absolute atomic E-state index is 0.0341. The largest absolute Gasteiger partial charge is 0.479 e. The summed E-state index contributed by atoms with van der Waals surface area (Å²) in [5.41, 5.74) is 0.643. The van der Waals surface area contributed by atoms with Crippen molar-refractivity contribution in [2.75, 3.05) is 18.0 Å². The predicted molar refractivity (Wildman–Crippen MR) is 106 cm³/mol. The molecule has 3 heterocycles. The first-order valence-corrected chi connectivity index (χ1v) is 9.64. The second-order valence-corrected chi connectivity index (χ2v) is 7.47. The van der Waals surface area contributed by atoms with Crippen molar-refractivity contribution in [1.82, 2.24) is 4.57 Å². The molecule has 3 aromatic rings. The van der Waals surface area contributed by atoms with Gasteiger partial charge in [0.25, 0.3) is 0 Å². The first kappa shape index (κ1) is 17.7. The van der Waals surface area contributed by atoms with Crippen molar-refractivity contribution in [2.45, 2.75) is 25.5 Å². The summed E-state index contributed by atoms with van der Waals surface area (Å²) in [6, 6.07) is 10.7. The standard InChI is InChI=1S/C22H19FN2O4/c23-16-10-14-18-21(19(16)24-8-4-5-9-24)29-17(13-6-2-1-3-7-13)12-25(18)11-15(20(14)26)22(27)28/h1-3,6-7,10-11,17H,4-5,8-9,12H2,(H,27,28)/t17-/m1/s1. The van der Waals surface area contributed by atoms with E-state index in [0.29, 0.717) is 36.6 Å². The fourth-order valence-electron chi connectivity index (χ4n) is 4.33. The van der Waals surface area contributed by atoms with Crippen molar-refractivity contribution in [1.29, 1.82) is 0 Å². The van der Waals surface area contributed by atoms with Crippen molar-refractivity contribution in [3.8, 4) is 5.75 Å². The number of ether oxygens (including phenoxy) is 1. The maximum atomic E-state index is 15.2. The minimum Gasteiger partial charge on any atom is -0.479 e. The van der Waals surface area contributed by atoms with E-state index in [0.717, 1.165) is 24.5 Å². The first-order valence-electron chi connectivity index (χ1n) is 9.64. The van der Waals surface area contributed by atoms with E-state index in [1.807, 2.05) is 35.2 Å². The van der Waals surface area contributed by atoms with Crippen LogP contribution in [0.5, 0.6) is 5.75 Å². The zero-order valence-electron chi connectivity index (χ0n) is 15.6. The molecule has 148 valence electrons. The summed E-state index contributed by atoms with van der Waals surface area (Å²) in [5, 5.41) is 9.50. The summed E-state index contributed by atoms with van der Waals surface area (Å²) in [6.07, 6.45) is 2.85. The Kier molecular flexibility index (Phi) is 4.04. The van der Waals surface area contributed by atoms with E-state index in [1.165, 1.54) is 6.20 Å². The number of aromatic carboxylic acids is 1. The third-order valence-corrected chi connectivity index (χ3v) is 5.69. The van der Waals surface area contributed by atoms with E-state index in [1.54, 1.807) is 4.57 Å². The van der Waals surface area contributed by atoms with Crippen LogP contribution in [0.1, 0.15) is 34.9 Å². The summed E-state index contributed by atoms with van der Waals surface area (Å²) in [4.78, 5) is 26.3. The Hall–Kier alpha value is -3.35. The maximum absolute atomic E-state index is 15.2. The average molecular weight is 394 g/mol. The highest BCUT2D eigenvalue weighted by atomic mass is 19.1. The molecule has 0 radical (unpaired) electrons. The molecule has 1 aromatic heterocycles. The van der Waals surface area contributed by atoms with Crippen molar-refractivity contribution >= 4 is 22.6 Å². The van der Waals surface area contributed by atoms with Gasteiger partial charge in [-0.1, -0.05) is 30.3 Å². The number of carbonyl (C=O) groups is 1. The highest BCUT2D eigenvalue weighted by Crippen LogP contribution is 2.44. The number of pyridine rings is 1. The average Bonchev–Trinajstić information content (AvgIpc) is 3.24. The summed E-state index contributed by atoms with van der Waals surface area (Å²) in [5.74, 6) is -1.57. The molecule has 0 spiro atoms.